The van der Waals surface area contributed by atoms with Crippen molar-refractivity contribution in [3.05, 3.63) is 88.1 Å². The van der Waals surface area contributed by atoms with Gasteiger partial charge in [0.05, 0.1) is 23.8 Å². The van der Waals surface area contributed by atoms with Gasteiger partial charge < -0.3 is 5.32 Å². The van der Waals surface area contributed by atoms with Crippen LogP contribution in [0, 0.1) is 9.39 Å². The first-order valence-corrected chi connectivity index (χ1v) is 10.1. The molecule has 142 valence electrons. The highest BCUT2D eigenvalue weighted by atomic mass is 127. The molecule has 0 radical (unpaired) electrons. The summed E-state index contributed by atoms with van der Waals surface area (Å²) in [4.78, 5) is 8.52. The lowest BCUT2D eigenvalue weighted by Crippen LogP contribution is -2.01. The Morgan fingerprint density at radius 3 is 2.72 bits per heavy atom. The summed E-state index contributed by atoms with van der Waals surface area (Å²) in [5, 5.41) is 9.67. The molecule has 0 fully saturated rings. The Kier molecular flexibility index (Phi) is 4.59. The van der Waals surface area contributed by atoms with Crippen molar-refractivity contribution < 1.29 is 4.39 Å². The van der Waals surface area contributed by atoms with Crippen LogP contribution in [-0.4, -0.2) is 19.7 Å². The summed E-state index contributed by atoms with van der Waals surface area (Å²) in [6, 6.07) is 19.5. The molecule has 5 rings (SSSR count). The number of hydrogen-bond donors (Lipinski definition) is 1. The first-order chi connectivity index (χ1) is 14.2. The zero-order valence-corrected chi connectivity index (χ0v) is 17.3. The third-order valence-electron chi connectivity index (χ3n) is 4.76. The van der Waals surface area contributed by atoms with Crippen LogP contribution in [0.4, 0.5) is 15.9 Å². The van der Waals surface area contributed by atoms with Crippen LogP contribution in [-0.2, 0) is 6.54 Å². The van der Waals surface area contributed by atoms with Gasteiger partial charge in [0.1, 0.15) is 18.0 Å². The number of anilines is 2. The van der Waals surface area contributed by atoms with Crippen LogP contribution in [0.15, 0.2) is 73.2 Å². The zero-order chi connectivity index (χ0) is 19.8. The van der Waals surface area contributed by atoms with E-state index in [1.807, 2.05) is 69.9 Å². The summed E-state index contributed by atoms with van der Waals surface area (Å²) in [6.07, 6.45) is 3.30. The van der Waals surface area contributed by atoms with Crippen molar-refractivity contribution in [2.24, 2.45) is 0 Å². The lowest BCUT2D eigenvalue weighted by atomic mass is 10.2. The third-order valence-corrected chi connectivity index (χ3v) is 5.58. The Morgan fingerprint density at radius 1 is 1.00 bits per heavy atom. The number of nitrogens with zero attached hydrogens (tertiary/aromatic N) is 4. The SMILES string of the molecule is Fc1cc2ncnc(Nc3ccc4c(cnn4Cc4ccccc4)c3)c2cc1I. The largest absolute Gasteiger partial charge is 0.340 e. The minimum absolute atomic E-state index is 0.282. The molecular weight excluding hydrogens is 480 g/mol. The van der Waals surface area contributed by atoms with Crippen molar-refractivity contribution in [1.82, 2.24) is 19.7 Å². The molecule has 2 aromatic heterocycles. The van der Waals surface area contributed by atoms with Crippen LogP contribution in [0.2, 0.25) is 0 Å². The average molecular weight is 495 g/mol. The highest BCUT2D eigenvalue weighted by Crippen LogP contribution is 2.28. The van der Waals surface area contributed by atoms with E-state index in [2.05, 4.69) is 32.5 Å². The van der Waals surface area contributed by atoms with Crippen LogP contribution in [0.25, 0.3) is 21.8 Å². The molecule has 29 heavy (non-hydrogen) atoms. The molecule has 0 bridgehead atoms. The van der Waals surface area contributed by atoms with Crippen molar-refractivity contribution >= 4 is 55.9 Å². The second kappa shape index (κ2) is 7.40. The number of benzene rings is 3. The molecule has 5 aromatic rings. The standard InChI is InChI=1S/C22H15FIN5/c23-18-10-20-17(9-19(18)24)22(26-13-25-20)28-16-6-7-21-15(8-16)11-27-29(21)12-14-4-2-1-3-5-14/h1-11,13H,12H2,(H,25,26,28). The highest BCUT2D eigenvalue weighted by Gasteiger charge is 2.10. The minimum atomic E-state index is -0.282. The summed E-state index contributed by atoms with van der Waals surface area (Å²) in [5.41, 5.74) is 3.71. The van der Waals surface area contributed by atoms with Gasteiger partial charge in [0.15, 0.2) is 0 Å². The Bertz CT molecular complexity index is 1330. The van der Waals surface area contributed by atoms with Gasteiger partial charge in [0.25, 0.3) is 0 Å². The van der Waals surface area contributed by atoms with Crippen molar-refractivity contribution in [2.75, 3.05) is 5.32 Å². The van der Waals surface area contributed by atoms with E-state index in [-0.39, 0.29) is 5.82 Å². The summed E-state index contributed by atoms with van der Waals surface area (Å²) in [7, 11) is 0. The third kappa shape index (κ3) is 3.53. The summed E-state index contributed by atoms with van der Waals surface area (Å²) < 4.78 is 16.4. The fraction of sp³-hybridized carbons (Fsp3) is 0.0455. The van der Waals surface area contributed by atoms with Crippen molar-refractivity contribution in [3.8, 4) is 0 Å². The molecule has 2 heterocycles. The van der Waals surface area contributed by atoms with Gasteiger partial charge in [-0.3, -0.25) is 4.68 Å². The number of rotatable bonds is 4. The van der Waals surface area contributed by atoms with Gasteiger partial charge >= 0.3 is 0 Å². The number of aromatic nitrogens is 4. The van der Waals surface area contributed by atoms with Gasteiger partial charge in [-0.25, -0.2) is 14.4 Å². The Labute approximate surface area is 179 Å². The van der Waals surface area contributed by atoms with Gasteiger partial charge in [-0.15, -0.1) is 0 Å². The van der Waals surface area contributed by atoms with E-state index in [0.29, 0.717) is 14.9 Å². The number of fused-ring (bicyclic) bond motifs is 2. The minimum Gasteiger partial charge on any atom is -0.340 e. The monoisotopic (exact) mass is 495 g/mol. The zero-order valence-electron chi connectivity index (χ0n) is 15.2. The molecule has 0 atom stereocenters. The lowest BCUT2D eigenvalue weighted by Gasteiger charge is -2.10. The Morgan fingerprint density at radius 2 is 1.86 bits per heavy atom. The number of halogens is 2. The predicted molar refractivity (Wildman–Crippen MR) is 121 cm³/mol. The van der Waals surface area contributed by atoms with Crippen LogP contribution in [0.1, 0.15) is 5.56 Å². The summed E-state index contributed by atoms with van der Waals surface area (Å²) >= 11 is 1.97. The molecule has 0 aliphatic carbocycles. The van der Waals surface area contributed by atoms with Crippen molar-refractivity contribution in [2.45, 2.75) is 6.54 Å². The fourth-order valence-corrected chi connectivity index (χ4v) is 3.80. The first kappa shape index (κ1) is 18.0. The molecule has 3 aromatic carbocycles. The quantitative estimate of drug-likeness (QED) is 0.334. The van der Waals surface area contributed by atoms with E-state index in [0.717, 1.165) is 28.5 Å². The molecule has 1 N–H and O–H groups in total. The van der Waals surface area contributed by atoms with Crippen LogP contribution < -0.4 is 5.32 Å². The van der Waals surface area contributed by atoms with Crippen molar-refractivity contribution in [3.63, 3.8) is 0 Å². The molecule has 0 aliphatic heterocycles. The van der Waals surface area contributed by atoms with Crippen molar-refractivity contribution in [1.29, 1.82) is 0 Å². The van der Waals surface area contributed by atoms with Gasteiger partial charge in [0, 0.05) is 26.1 Å². The topological polar surface area (TPSA) is 55.6 Å². The second-order valence-electron chi connectivity index (χ2n) is 6.69. The molecule has 0 amide bonds. The maximum atomic E-state index is 13.8. The normalized spacial score (nSPS) is 11.2. The maximum absolute atomic E-state index is 13.8. The predicted octanol–water partition coefficient (Wildman–Crippen LogP) is 5.52. The number of nitrogens with one attached hydrogen (secondary N) is 1. The fourth-order valence-electron chi connectivity index (χ4n) is 3.33. The Balaban J connectivity index is 1.48. The van der Waals surface area contributed by atoms with Gasteiger partial charge in [-0.1, -0.05) is 30.3 Å². The van der Waals surface area contributed by atoms with E-state index in [1.54, 1.807) is 6.07 Å². The van der Waals surface area contributed by atoms with E-state index < -0.39 is 0 Å². The second-order valence-corrected chi connectivity index (χ2v) is 7.85. The molecule has 0 aliphatic rings. The summed E-state index contributed by atoms with van der Waals surface area (Å²) in [5.74, 6) is 0.360. The lowest BCUT2D eigenvalue weighted by molar-refractivity contribution is 0.622. The van der Waals surface area contributed by atoms with Gasteiger partial charge in [0.2, 0.25) is 0 Å². The average Bonchev–Trinajstić information content (AvgIpc) is 3.12. The van der Waals surface area contributed by atoms with E-state index in [4.69, 9.17) is 0 Å². The van der Waals surface area contributed by atoms with Gasteiger partial charge in [-0.05, 0) is 52.4 Å². The molecule has 0 saturated heterocycles. The number of hydrogen-bond acceptors (Lipinski definition) is 4. The van der Waals surface area contributed by atoms with Crippen LogP contribution in [0.3, 0.4) is 0 Å². The van der Waals surface area contributed by atoms with Crippen LogP contribution >= 0.6 is 22.6 Å². The van der Waals surface area contributed by atoms with E-state index in [1.165, 1.54) is 18.0 Å². The van der Waals surface area contributed by atoms with Gasteiger partial charge in [-0.2, -0.15) is 5.10 Å². The molecule has 0 unspecified atom stereocenters. The Hall–Kier alpha value is -3.07. The molecule has 5 nitrogen and oxygen atoms in total. The molecular formula is C22H15FIN5. The van der Waals surface area contributed by atoms with E-state index in [9.17, 15) is 4.39 Å². The van der Waals surface area contributed by atoms with Crippen LogP contribution in [0.5, 0.6) is 0 Å². The van der Waals surface area contributed by atoms with E-state index >= 15 is 0 Å². The smallest absolute Gasteiger partial charge is 0.141 e. The maximum Gasteiger partial charge on any atom is 0.141 e. The highest BCUT2D eigenvalue weighted by molar-refractivity contribution is 14.1. The first-order valence-electron chi connectivity index (χ1n) is 9.04. The molecule has 0 saturated carbocycles. The summed E-state index contributed by atoms with van der Waals surface area (Å²) in [6.45, 7) is 0.720. The molecule has 0 spiro atoms. The molecule has 7 heteroatoms.